The van der Waals surface area contributed by atoms with Crippen molar-refractivity contribution >= 4 is 24.6 Å². The average Bonchev–Trinajstić information content (AvgIpc) is 3.29. The van der Waals surface area contributed by atoms with Crippen molar-refractivity contribution in [3.8, 4) is 17.2 Å². The molecule has 2 N–H and O–H groups in total. The molecule has 1 aliphatic rings. The van der Waals surface area contributed by atoms with E-state index in [1.807, 2.05) is 18.2 Å². The van der Waals surface area contributed by atoms with Crippen molar-refractivity contribution in [2.75, 3.05) is 21.3 Å². The minimum Gasteiger partial charge on any atom is -0.493 e. The second-order valence-electron chi connectivity index (χ2n) is 6.11. The van der Waals surface area contributed by atoms with E-state index in [2.05, 4.69) is 10.1 Å². The highest BCUT2D eigenvalue weighted by atomic mass is 35.5. The number of hydrogen-bond acceptors (Lipinski definition) is 7. The van der Waals surface area contributed by atoms with Gasteiger partial charge in [-0.15, -0.1) is 12.4 Å². The van der Waals surface area contributed by atoms with Gasteiger partial charge in [-0.25, -0.2) is 0 Å². The zero-order valence-corrected chi connectivity index (χ0v) is 16.0. The van der Waals surface area contributed by atoms with Crippen LogP contribution in [0.25, 0.3) is 12.2 Å². The SMILES string of the molecule is COc1cc(/C=C/c2nc(C3(N)CCCC3)no2)cc(OC)c1OC.Cl. The summed E-state index contributed by atoms with van der Waals surface area (Å²) in [6, 6.07) is 3.69. The Kier molecular flexibility index (Phi) is 6.50. The van der Waals surface area contributed by atoms with Gasteiger partial charge in [-0.05, 0) is 36.6 Å². The second-order valence-corrected chi connectivity index (χ2v) is 6.11. The maximum Gasteiger partial charge on any atom is 0.250 e. The lowest BCUT2D eigenvalue weighted by Gasteiger charge is -2.17. The summed E-state index contributed by atoms with van der Waals surface area (Å²) < 4.78 is 21.3. The molecule has 1 aromatic carbocycles. The summed E-state index contributed by atoms with van der Waals surface area (Å²) in [5.41, 5.74) is 6.76. The first-order chi connectivity index (χ1) is 12.1. The van der Waals surface area contributed by atoms with Crippen molar-refractivity contribution in [2.45, 2.75) is 31.2 Å². The highest BCUT2D eigenvalue weighted by Gasteiger charge is 2.35. The van der Waals surface area contributed by atoms with E-state index < -0.39 is 5.54 Å². The van der Waals surface area contributed by atoms with Crippen LogP contribution < -0.4 is 19.9 Å². The normalized spacial score (nSPS) is 15.7. The Bertz CT molecular complexity index is 745. The number of halogens is 1. The molecular formula is C18H24ClN3O4. The number of rotatable bonds is 6. The minimum atomic E-state index is -0.456. The van der Waals surface area contributed by atoms with Crippen LogP contribution in [0, 0.1) is 0 Å². The summed E-state index contributed by atoms with van der Waals surface area (Å²) in [7, 11) is 4.73. The van der Waals surface area contributed by atoms with Gasteiger partial charge in [0.05, 0.1) is 26.9 Å². The van der Waals surface area contributed by atoms with E-state index in [0.717, 1.165) is 31.2 Å². The number of benzene rings is 1. The van der Waals surface area contributed by atoms with Crippen LogP contribution in [0.4, 0.5) is 0 Å². The first-order valence-corrected chi connectivity index (χ1v) is 8.21. The standard InChI is InChI=1S/C18H23N3O4.ClH/c1-22-13-10-12(11-14(23-2)16(13)24-3)6-7-15-20-17(21-25-15)18(19)8-4-5-9-18;/h6-7,10-11H,4-5,8-9,19H2,1-3H3;1H/b7-6+;. The topological polar surface area (TPSA) is 92.6 Å². The van der Waals surface area contributed by atoms with E-state index in [4.69, 9.17) is 24.5 Å². The van der Waals surface area contributed by atoms with Crippen LogP contribution in [0.15, 0.2) is 16.7 Å². The van der Waals surface area contributed by atoms with Crippen LogP contribution >= 0.6 is 12.4 Å². The van der Waals surface area contributed by atoms with Gasteiger partial charge in [0, 0.05) is 6.08 Å². The van der Waals surface area contributed by atoms with Crippen LogP contribution in [0.2, 0.25) is 0 Å². The molecule has 1 fully saturated rings. The molecule has 0 atom stereocenters. The van der Waals surface area contributed by atoms with E-state index in [9.17, 15) is 0 Å². The molecule has 142 valence electrons. The number of aromatic nitrogens is 2. The van der Waals surface area contributed by atoms with Crippen molar-refractivity contribution in [2.24, 2.45) is 5.73 Å². The quantitative estimate of drug-likeness (QED) is 0.819. The van der Waals surface area contributed by atoms with Crippen LogP contribution in [-0.4, -0.2) is 31.5 Å². The van der Waals surface area contributed by atoms with E-state index >= 15 is 0 Å². The van der Waals surface area contributed by atoms with E-state index in [-0.39, 0.29) is 12.4 Å². The lowest BCUT2D eigenvalue weighted by atomic mass is 9.99. The predicted molar refractivity (Wildman–Crippen MR) is 101 cm³/mol. The lowest BCUT2D eigenvalue weighted by Crippen LogP contribution is -2.34. The van der Waals surface area contributed by atoms with Gasteiger partial charge in [0.25, 0.3) is 5.89 Å². The maximum atomic E-state index is 6.35. The van der Waals surface area contributed by atoms with Gasteiger partial charge in [-0.1, -0.05) is 18.0 Å². The smallest absolute Gasteiger partial charge is 0.250 e. The molecule has 1 heterocycles. The van der Waals surface area contributed by atoms with Crippen LogP contribution in [-0.2, 0) is 5.54 Å². The first-order valence-electron chi connectivity index (χ1n) is 8.21. The molecule has 0 amide bonds. The molecule has 3 rings (SSSR count). The van der Waals surface area contributed by atoms with Crippen molar-refractivity contribution < 1.29 is 18.7 Å². The zero-order chi connectivity index (χ0) is 17.9. The Morgan fingerprint density at radius 2 is 1.65 bits per heavy atom. The molecule has 2 aromatic rings. The molecule has 0 spiro atoms. The Morgan fingerprint density at radius 3 is 2.19 bits per heavy atom. The highest BCUT2D eigenvalue weighted by molar-refractivity contribution is 5.85. The molecule has 26 heavy (non-hydrogen) atoms. The predicted octanol–water partition coefficient (Wildman–Crippen LogP) is 3.42. The lowest BCUT2D eigenvalue weighted by molar-refractivity contribution is 0.324. The van der Waals surface area contributed by atoms with Gasteiger partial charge in [-0.2, -0.15) is 4.98 Å². The zero-order valence-electron chi connectivity index (χ0n) is 15.2. The molecule has 7 nitrogen and oxygen atoms in total. The highest BCUT2D eigenvalue weighted by Crippen LogP contribution is 2.38. The van der Waals surface area contributed by atoms with E-state index in [1.54, 1.807) is 27.4 Å². The molecule has 1 saturated carbocycles. The Balaban J connectivity index is 0.00000243. The fraction of sp³-hybridized carbons (Fsp3) is 0.444. The van der Waals surface area contributed by atoms with Crippen molar-refractivity contribution in [3.63, 3.8) is 0 Å². The summed E-state index contributed by atoms with van der Waals surface area (Å²) in [6.07, 6.45) is 7.57. The molecule has 1 aliphatic carbocycles. The Hall–Kier alpha value is -2.25. The van der Waals surface area contributed by atoms with Gasteiger partial charge >= 0.3 is 0 Å². The van der Waals surface area contributed by atoms with Gasteiger partial charge in [-0.3, -0.25) is 0 Å². The Labute approximate surface area is 158 Å². The average molecular weight is 382 g/mol. The van der Waals surface area contributed by atoms with Crippen molar-refractivity contribution in [1.29, 1.82) is 0 Å². The van der Waals surface area contributed by atoms with Crippen molar-refractivity contribution in [3.05, 3.63) is 29.4 Å². The number of nitrogens with zero attached hydrogens (tertiary/aromatic N) is 2. The molecule has 1 aromatic heterocycles. The van der Waals surface area contributed by atoms with Crippen LogP contribution in [0.1, 0.15) is 43.0 Å². The summed E-state index contributed by atoms with van der Waals surface area (Å²) in [4.78, 5) is 4.42. The first kappa shape index (κ1) is 20.1. The molecule has 0 bridgehead atoms. The van der Waals surface area contributed by atoms with Gasteiger partial charge < -0.3 is 24.5 Å². The largest absolute Gasteiger partial charge is 0.493 e. The molecular weight excluding hydrogens is 358 g/mol. The van der Waals surface area contributed by atoms with Crippen LogP contribution in [0.5, 0.6) is 17.2 Å². The van der Waals surface area contributed by atoms with E-state index in [1.165, 1.54) is 0 Å². The molecule has 0 saturated heterocycles. The molecule has 0 aliphatic heterocycles. The summed E-state index contributed by atoms with van der Waals surface area (Å²) >= 11 is 0. The molecule has 8 heteroatoms. The monoisotopic (exact) mass is 381 g/mol. The fourth-order valence-corrected chi connectivity index (χ4v) is 3.10. The van der Waals surface area contributed by atoms with Crippen molar-refractivity contribution in [1.82, 2.24) is 10.1 Å². The van der Waals surface area contributed by atoms with Gasteiger partial charge in [0.15, 0.2) is 17.3 Å². The third-order valence-electron chi connectivity index (χ3n) is 4.49. The van der Waals surface area contributed by atoms with Gasteiger partial charge in [0.1, 0.15) is 0 Å². The Morgan fingerprint density at radius 1 is 1.04 bits per heavy atom. The third-order valence-corrected chi connectivity index (χ3v) is 4.49. The van der Waals surface area contributed by atoms with Gasteiger partial charge in [0.2, 0.25) is 5.75 Å². The number of hydrogen-bond donors (Lipinski definition) is 1. The summed E-state index contributed by atoms with van der Waals surface area (Å²) in [5.74, 6) is 2.71. The summed E-state index contributed by atoms with van der Waals surface area (Å²) in [5, 5.41) is 4.05. The third kappa shape index (κ3) is 3.94. The second kappa shape index (κ2) is 8.42. The molecule has 0 unspecified atom stereocenters. The number of ether oxygens (including phenoxy) is 3. The fourth-order valence-electron chi connectivity index (χ4n) is 3.10. The minimum absolute atomic E-state index is 0. The number of nitrogens with two attached hydrogens (primary N) is 1. The summed E-state index contributed by atoms with van der Waals surface area (Å²) in [6.45, 7) is 0. The van der Waals surface area contributed by atoms with E-state index in [0.29, 0.717) is 29.0 Å². The molecule has 0 radical (unpaired) electrons. The maximum absolute atomic E-state index is 6.35. The number of methoxy groups -OCH3 is 3. The van der Waals surface area contributed by atoms with Crippen LogP contribution in [0.3, 0.4) is 0 Å².